The third-order valence-corrected chi connectivity index (χ3v) is 5.85. The third kappa shape index (κ3) is 3.02. The Morgan fingerprint density at radius 2 is 1.68 bits per heavy atom. The van der Waals surface area contributed by atoms with E-state index in [4.69, 9.17) is 9.47 Å². The molecular weight excluding hydrogens is 310 g/mol. The Bertz CT molecular complexity index is 722. The van der Waals surface area contributed by atoms with E-state index in [0.717, 1.165) is 17.9 Å². The number of ether oxygens (including phenoxy) is 2. The van der Waals surface area contributed by atoms with E-state index in [-0.39, 0.29) is 0 Å². The molecule has 0 N–H and O–H groups in total. The Morgan fingerprint density at radius 3 is 2.36 bits per heavy atom. The monoisotopic (exact) mass is 337 g/mol. The molecule has 2 aromatic carbocycles. The van der Waals surface area contributed by atoms with Crippen LogP contribution in [0.4, 0.5) is 0 Å². The molecule has 1 aliphatic carbocycles. The Hall–Kier alpha value is -2.00. The highest BCUT2D eigenvalue weighted by Gasteiger charge is 2.35. The SMILES string of the molecule is COc1ccc2c(c1OC)CC(c1ccccc1)CC2N1CCCC1. The van der Waals surface area contributed by atoms with E-state index in [0.29, 0.717) is 12.0 Å². The highest BCUT2D eigenvalue weighted by atomic mass is 16.5. The molecule has 1 fully saturated rings. The van der Waals surface area contributed by atoms with E-state index in [1.807, 2.05) is 0 Å². The molecule has 1 aliphatic heterocycles. The number of nitrogens with zero attached hydrogens (tertiary/aromatic N) is 1. The van der Waals surface area contributed by atoms with Gasteiger partial charge in [0.2, 0.25) is 0 Å². The molecule has 0 spiro atoms. The summed E-state index contributed by atoms with van der Waals surface area (Å²) in [6.07, 6.45) is 4.83. The zero-order chi connectivity index (χ0) is 17.2. The van der Waals surface area contributed by atoms with Crippen molar-refractivity contribution in [1.29, 1.82) is 0 Å². The molecule has 0 amide bonds. The molecule has 0 aromatic heterocycles. The van der Waals surface area contributed by atoms with Crippen LogP contribution in [-0.4, -0.2) is 32.2 Å². The Kier molecular flexibility index (Phi) is 4.67. The van der Waals surface area contributed by atoms with Crippen LogP contribution in [0.3, 0.4) is 0 Å². The summed E-state index contributed by atoms with van der Waals surface area (Å²) in [6, 6.07) is 15.8. The van der Waals surface area contributed by atoms with Crippen molar-refractivity contribution in [3.8, 4) is 11.5 Å². The molecule has 2 unspecified atom stereocenters. The van der Waals surface area contributed by atoms with Crippen LogP contribution in [0.2, 0.25) is 0 Å². The number of fused-ring (bicyclic) bond motifs is 1. The second-order valence-corrected chi connectivity index (χ2v) is 7.18. The van der Waals surface area contributed by atoms with Gasteiger partial charge >= 0.3 is 0 Å². The summed E-state index contributed by atoms with van der Waals surface area (Å²) < 4.78 is 11.4. The van der Waals surface area contributed by atoms with Gasteiger partial charge in [0.1, 0.15) is 0 Å². The summed E-state index contributed by atoms with van der Waals surface area (Å²) in [4.78, 5) is 2.67. The second kappa shape index (κ2) is 7.09. The topological polar surface area (TPSA) is 21.7 Å². The summed E-state index contributed by atoms with van der Waals surface area (Å²) in [5, 5.41) is 0. The van der Waals surface area contributed by atoms with E-state index in [2.05, 4.69) is 47.4 Å². The van der Waals surface area contributed by atoms with Gasteiger partial charge in [-0.3, -0.25) is 4.90 Å². The van der Waals surface area contributed by atoms with Crippen molar-refractivity contribution in [3.05, 3.63) is 59.2 Å². The first-order valence-electron chi connectivity index (χ1n) is 9.34. The van der Waals surface area contributed by atoms with E-state index < -0.39 is 0 Å². The lowest BCUT2D eigenvalue weighted by Gasteiger charge is -2.38. The van der Waals surface area contributed by atoms with Gasteiger partial charge in [0.15, 0.2) is 11.5 Å². The van der Waals surface area contributed by atoms with Gasteiger partial charge in [-0.05, 0) is 61.9 Å². The van der Waals surface area contributed by atoms with Crippen LogP contribution in [0.25, 0.3) is 0 Å². The highest BCUT2D eigenvalue weighted by Crippen LogP contribution is 2.48. The maximum absolute atomic E-state index is 5.79. The average Bonchev–Trinajstić information content (AvgIpc) is 3.21. The molecule has 0 saturated carbocycles. The van der Waals surface area contributed by atoms with Crippen molar-refractivity contribution in [3.63, 3.8) is 0 Å². The Balaban J connectivity index is 1.79. The minimum atomic E-state index is 0.483. The molecule has 2 aliphatic rings. The van der Waals surface area contributed by atoms with E-state index in [1.54, 1.807) is 14.2 Å². The molecule has 132 valence electrons. The van der Waals surface area contributed by atoms with E-state index in [1.165, 1.54) is 49.0 Å². The lowest BCUT2D eigenvalue weighted by atomic mass is 9.76. The number of hydrogen-bond acceptors (Lipinski definition) is 3. The Labute approximate surface area is 150 Å². The van der Waals surface area contributed by atoms with Crippen LogP contribution >= 0.6 is 0 Å². The van der Waals surface area contributed by atoms with Crippen molar-refractivity contribution < 1.29 is 9.47 Å². The number of methoxy groups -OCH3 is 2. The maximum atomic E-state index is 5.79. The molecule has 3 nitrogen and oxygen atoms in total. The first kappa shape index (κ1) is 16.5. The van der Waals surface area contributed by atoms with E-state index in [9.17, 15) is 0 Å². The fourth-order valence-corrected chi connectivity index (χ4v) is 4.63. The molecule has 2 atom stereocenters. The van der Waals surface area contributed by atoms with Crippen molar-refractivity contribution in [2.45, 2.75) is 37.6 Å². The fourth-order valence-electron chi connectivity index (χ4n) is 4.63. The first-order valence-corrected chi connectivity index (χ1v) is 9.34. The standard InChI is InChI=1S/C22H27NO2/c1-24-21-11-10-18-19(22(21)25-2)14-17(16-8-4-3-5-9-16)15-20(18)23-12-6-7-13-23/h3-5,8-11,17,20H,6-7,12-15H2,1-2H3. The minimum Gasteiger partial charge on any atom is -0.493 e. The molecular formula is C22H27NO2. The predicted octanol–water partition coefficient (Wildman–Crippen LogP) is 4.57. The highest BCUT2D eigenvalue weighted by molar-refractivity contribution is 5.54. The van der Waals surface area contributed by atoms with Gasteiger partial charge in [0, 0.05) is 11.6 Å². The van der Waals surface area contributed by atoms with Crippen molar-refractivity contribution in [2.24, 2.45) is 0 Å². The fraction of sp³-hybridized carbons (Fsp3) is 0.455. The smallest absolute Gasteiger partial charge is 0.164 e. The zero-order valence-electron chi connectivity index (χ0n) is 15.2. The lowest BCUT2D eigenvalue weighted by Crippen LogP contribution is -2.31. The van der Waals surface area contributed by atoms with Gasteiger partial charge in [-0.2, -0.15) is 0 Å². The maximum Gasteiger partial charge on any atom is 0.164 e. The van der Waals surface area contributed by atoms with Gasteiger partial charge in [0.25, 0.3) is 0 Å². The molecule has 1 saturated heterocycles. The van der Waals surface area contributed by atoms with Crippen molar-refractivity contribution >= 4 is 0 Å². The summed E-state index contributed by atoms with van der Waals surface area (Å²) in [5.74, 6) is 2.29. The lowest BCUT2D eigenvalue weighted by molar-refractivity contribution is 0.209. The normalized spacial score (nSPS) is 23.3. The van der Waals surface area contributed by atoms with Crippen LogP contribution in [0.15, 0.2) is 42.5 Å². The van der Waals surface area contributed by atoms with Crippen LogP contribution in [0, 0.1) is 0 Å². The summed E-state index contributed by atoms with van der Waals surface area (Å²) in [6.45, 7) is 2.42. The first-order chi connectivity index (χ1) is 12.3. The zero-order valence-corrected chi connectivity index (χ0v) is 15.2. The molecule has 0 bridgehead atoms. The molecule has 0 radical (unpaired) electrons. The number of hydrogen-bond donors (Lipinski definition) is 0. The summed E-state index contributed by atoms with van der Waals surface area (Å²) in [5.41, 5.74) is 4.20. The van der Waals surface area contributed by atoms with E-state index >= 15 is 0 Å². The van der Waals surface area contributed by atoms with Gasteiger partial charge in [-0.15, -0.1) is 0 Å². The molecule has 3 heteroatoms. The molecule has 4 rings (SSSR count). The third-order valence-electron chi connectivity index (χ3n) is 5.85. The summed E-state index contributed by atoms with van der Waals surface area (Å²) >= 11 is 0. The van der Waals surface area contributed by atoms with Gasteiger partial charge in [-0.1, -0.05) is 36.4 Å². The minimum absolute atomic E-state index is 0.483. The quantitative estimate of drug-likeness (QED) is 0.816. The number of rotatable bonds is 4. The van der Waals surface area contributed by atoms with Gasteiger partial charge in [0.05, 0.1) is 14.2 Å². The number of benzene rings is 2. The van der Waals surface area contributed by atoms with Crippen LogP contribution in [-0.2, 0) is 6.42 Å². The van der Waals surface area contributed by atoms with Crippen molar-refractivity contribution in [1.82, 2.24) is 4.90 Å². The largest absolute Gasteiger partial charge is 0.493 e. The van der Waals surface area contributed by atoms with Crippen molar-refractivity contribution in [2.75, 3.05) is 27.3 Å². The van der Waals surface area contributed by atoms with Crippen LogP contribution < -0.4 is 9.47 Å². The molecule has 2 aromatic rings. The Morgan fingerprint density at radius 1 is 0.920 bits per heavy atom. The molecule has 1 heterocycles. The number of likely N-dealkylation sites (tertiary alicyclic amines) is 1. The predicted molar refractivity (Wildman–Crippen MR) is 101 cm³/mol. The van der Waals surface area contributed by atoms with Gasteiger partial charge in [-0.25, -0.2) is 0 Å². The van der Waals surface area contributed by atoms with Crippen LogP contribution in [0.5, 0.6) is 11.5 Å². The summed E-state index contributed by atoms with van der Waals surface area (Å²) in [7, 11) is 3.48. The molecule has 25 heavy (non-hydrogen) atoms. The van der Waals surface area contributed by atoms with Crippen LogP contribution in [0.1, 0.15) is 47.9 Å². The van der Waals surface area contributed by atoms with Gasteiger partial charge < -0.3 is 9.47 Å². The second-order valence-electron chi connectivity index (χ2n) is 7.18. The average molecular weight is 337 g/mol.